The number of halogens is 3. The highest BCUT2D eigenvalue weighted by molar-refractivity contribution is 5.80. The Bertz CT molecular complexity index is 854. The number of hydrogen-bond donors (Lipinski definition) is 0. The zero-order valence-electron chi connectivity index (χ0n) is 14.6. The Kier molecular flexibility index (Phi) is 5.49. The van der Waals surface area contributed by atoms with Crippen molar-refractivity contribution in [3.8, 4) is 17.1 Å². The van der Waals surface area contributed by atoms with Crippen molar-refractivity contribution in [2.45, 2.75) is 45.5 Å². The van der Waals surface area contributed by atoms with Crippen LogP contribution in [-0.2, 0) is 6.54 Å². The highest BCUT2D eigenvalue weighted by Gasteiger charge is 2.31. The largest absolute Gasteiger partial charge is 0.573 e. The fourth-order valence-electron chi connectivity index (χ4n) is 3.02. The number of imidazole rings is 1. The van der Waals surface area contributed by atoms with Crippen LogP contribution in [0.5, 0.6) is 5.75 Å². The predicted molar refractivity (Wildman–Crippen MR) is 96.0 cm³/mol. The van der Waals surface area contributed by atoms with Gasteiger partial charge in [-0.2, -0.15) is 0 Å². The summed E-state index contributed by atoms with van der Waals surface area (Å²) < 4.78 is 43.1. The highest BCUT2D eigenvalue weighted by atomic mass is 19.4. The molecule has 0 bridgehead atoms. The van der Waals surface area contributed by atoms with Gasteiger partial charge in [0.25, 0.3) is 0 Å². The smallest absolute Gasteiger partial charge is 0.406 e. The summed E-state index contributed by atoms with van der Waals surface area (Å²) in [7, 11) is 0. The summed E-state index contributed by atoms with van der Waals surface area (Å²) in [5.74, 6) is 0.535. The predicted octanol–water partition coefficient (Wildman–Crippen LogP) is 6.18. The molecule has 138 valence electrons. The maximum Gasteiger partial charge on any atom is 0.573 e. The molecule has 0 N–H and O–H groups in total. The van der Waals surface area contributed by atoms with E-state index >= 15 is 0 Å². The molecule has 0 aliphatic heterocycles. The Morgan fingerprint density at radius 3 is 2.38 bits per heavy atom. The summed E-state index contributed by atoms with van der Waals surface area (Å²) in [6.45, 7) is 3.00. The van der Waals surface area contributed by atoms with Crippen LogP contribution in [0.4, 0.5) is 13.2 Å². The molecule has 6 heteroatoms. The molecule has 3 aromatic rings. The number of alkyl halides is 3. The second-order valence-corrected chi connectivity index (χ2v) is 6.21. The third-order valence-corrected chi connectivity index (χ3v) is 4.24. The fourth-order valence-corrected chi connectivity index (χ4v) is 3.02. The van der Waals surface area contributed by atoms with E-state index in [0.717, 1.165) is 48.2 Å². The van der Waals surface area contributed by atoms with Crippen molar-refractivity contribution in [3.63, 3.8) is 0 Å². The number of aryl methyl sites for hydroxylation is 1. The SMILES string of the molecule is CCCCCCn1c(-c2ccc(OC(F)(F)F)cc2)nc2ccccc21. The number of hydrogen-bond acceptors (Lipinski definition) is 2. The van der Waals surface area contributed by atoms with Gasteiger partial charge in [0.2, 0.25) is 0 Å². The van der Waals surface area contributed by atoms with Crippen LogP contribution in [0.2, 0.25) is 0 Å². The molecule has 0 atom stereocenters. The molecule has 0 saturated heterocycles. The molecule has 3 nitrogen and oxygen atoms in total. The Hall–Kier alpha value is -2.50. The minimum atomic E-state index is -4.69. The average Bonchev–Trinajstić information content (AvgIpc) is 2.97. The molecule has 1 heterocycles. The van der Waals surface area contributed by atoms with Gasteiger partial charge in [-0.25, -0.2) is 4.98 Å². The van der Waals surface area contributed by atoms with Gasteiger partial charge in [-0.15, -0.1) is 13.2 Å². The van der Waals surface area contributed by atoms with Crippen LogP contribution in [-0.4, -0.2) is 15.9 Å². The number of ether oxygens (including phenoxy) is 1. The minimum Gasteiger partial charge on any atom is -0.406 e. The van der Waals surface area contributed by atoms with Gasteiger partial charge in [0.15, 0.2) is 0 Å². The van der Waals surface area contributed by atoms with E-state index < -0.39 is 6.36 Å². The summed E-state index contributed by atoms with van der Waals surface area (Å²) in [5.41, 5.74) is 2.69. The molecular weight excluding hydrogens is 341 g/mol. The summed E-state index contributed by atoms with van der Waals surface area (Å²) in [5, 5.41) is 0. The number of unbranched alkanes of at least 4 members (excludes halogenated alkanes) is 3. The fraction of sp³-hybridized carbons (Fsp3) is 0.350. The van der Waals surface area contributed by atoms with Gasteiger partial charge < -0.3 is 9.30 Å². The molecule has 0 fully saturated rings. The van der Waals surface area contributed by atoms with Crippen molar-refractivity contribution in [3.05, 3.63) is 48.5 Å². The number of fused-ring (bicyclic) bond motifs is 1. The van der Waals surface area contributed by atoms with Gasteiger partial charge in [-0.3, -0.25) is 0 Å². The van der Waals surface area contributed by atoms with Crippen LogP contribution >= 0.6 is 0 Å². The van der Waals surface area contributed by atoms with E-state index in [1.54, 1.807) is 12.1 Å². The van der Waals surface area contributed by atoms with Crippen LogP contribution in [0.15, 0.2) is 48.5 Å². The third kappa shape index (κ3) is 4.36. The average molecular weight is 362 g/mol. The molecule has 0 saturated carbocycles. The van der Waals surface area contributed by atoms with Crippen LogP contribution in [0.3, 0.4) is 0 Å². The Balaban J connectivity index is 1.90. The molecule has 26 heavy (non-hydrogen) atoms. The first kappa shape index (κ1) is 18.3. The molecule has 3 rings (SSSR count). The third-order valence-electron chi connectivity index (χ3n) is 4.24. The van der Waals surface area contributed by atoms with Crippen molar-refractivity contribution in [2.24, 2.45) is 0 Å². The lowest BCUT2D eigenvalue weighted by atomic mass is 10.2. The van der Waals surface area contributed by atoms with Crippen LogP contribution in [0.1, 0.15) is 32.6 Å². The molecule has 2 aromatic carbocycles. The number of aromatic nitrogens is 2. The second kappa shape index (κ2) is 7.81. The zero-order chi connectivity index (χ0) is 18.6. The van der Waals surface area contributed by atoms with E-state index in [2.05, 4.69) is 21.2 Å². The van der Waals surface area contributed by atoms with E-state index in [9.17, 15) is 13.2 Å². The Labute approximate surface area is 150 Å². The van der Waals surface area contributed by atoms with Gasteiger partial charge in [0.1, 0.15) is 11.6 Å². The molecule has 1 aromatic heterocycles. The van der Waals surface area contributed by atoms with Gasteiger partial charge in [0.05, 0.1) is 11.0 Å². The van der Waals surface area contributed by atoms with Crippen molar-refractivity contribution < 1.29 is 17.9 Å². The lowest BCUT2D eigenvalue weighted by Gasteiger charge is -2.11. The maximum absolute atomic E-state index is 12.3. The lowest BCUT2D eigenvalue weighted by Crippen LogP contribution is -2.16. The van der Waals surface area contributed by atoms with E-state index in [1.807, 2.05) is 24.3 Å². The molecule has 0 aliphatic rings. The van der Waals surface area contributed by atoms with E-state index in [1.165, 1.54) is 18.6 Å². The maximum atomic E-state index is 12.3. The monoisotopic (exact) mass is 362 g/mol. The molecule has 0 amide bonds. The highest BCUT2D eigenvalue weighted by Crippen LogP contribution is 2.29. The number of nitrogens with zero attached hydrogens (tertiary/aromatic N) is 2. The molecule has 0 unspecified atom stereocenters. The van der Waals surface area contributed by atoms with Gasteiger partial charge in [-0.05, 0) is 42.8 Å². The standard InChI is InChI=1S/C20H21F3N2O/c1-2-3-4-7-14-25-18-9-6-5-8-17(18)24-19(25)15-10-12-16(13-11-15)26-20(21,22)23/h5-6,8-13H,2-4,7,14H2,1H3. The quantitative estimate of drug-likeness (QED) is 0.469. The van der Waals surface area contributed by atoms with Gasteiger partial charge in [0, 0.05) is 12.1 Å². The molecule has 0 spiro atoms. The lowest BCUT2D eigenvalue weighted by molar-refractivity contribution is -0.274. The minimum absolute atomic E-state index is 0.230. The number of rotatable bonds is 7. The molecule has 0 radical (unpaired) electrons. The van der Waals surface area contributed by atoms with Crippen molar-refractivity contribution in [2.75, 3.05) is 0 Å². The van der Waals surface area contributed by atoms with Crippen LogP contribution in [0.25, 0.3) is 22.4 Å². The topological polar surface area (TPSA) is 27.1 Å². The summed E-state index contributed by atoms with van der Waals surface area (Å²) in [4.78, 5) is 4.69. The van der Waals surface area contributed by atoms with E-state index in [4.69, 9.17) is 0 Å². The second-order valence-electron chi connectivity index (χ2n) is 6.21. The first-order chi connectivity index (χ1) is 12.5. The summed E-state index contributed by atoms with van der Waals surface area (Å²) in [6.07, 6.45) is -0.158. The van der Waals surface area contributed by atoms with Crippen LogP contribution < -0.4 is 4.74 Å². The summed E-state index contributed by atoms with van der Waals surface area (Å²) in [6, 6.07) is 13.7. The first-order valence-corrected chi connectivity index (χ1v) is 8.79. The Morgan fingerprint density at radius 2 is 1.69 bits per heavy atom. The van der Waals surface area contributed by atoms with Crippen LogP contribution in [0, 0.1) is 0 Å². The van der Waals surface area contributed by atoms with Gasteiger partial charge >= 0.3 is 6.36 Å². The molecule has 0 aliphatic carbocycles. The zero-order valence-corrected chi connectivity index (χ0v) is 14.6. The number of benzene rings is 2. The van der Waals surface area contributed by atoms with E-state index in [-0.39, 0.29) is 5.75 Å². The Morgan fingerprint density at radius 1 is 0.962 bits per heavy atom. The van der Waals surface area contributed by atoms with Crippen molar-refractivity contribution >= 4 is 11.0 Å². The van der Waals surface area contributed by atoms with Crippen molar-refractivity contribution in [1.29, 1.82) is 0 Å². The van der Waals surface area contributed by atoms with E-state index in [0.29, 0.717) is 0 Å². The van der Waals surface area contributed by atoms with Gasteiger partial charge in [-0.1, -0.05) is 38.3 Å². The molecular formula is C20H21F3N2O. The normalized spacial score (nSPS) is 11.8. The number of para-hydroxylation sites is 2. The first-order valence-electron chi connectivity index (χ1n) is 8.79. The van der Waals surface area contributed by atoms with Crippen molar-refractivity contribution in [1.82, 2.24) is 9.55 Å². The summed E-state index contributed by atoms with van der Waals surface area (Å²) >= 11 is 0.